The summed E-state index contributed by atoms with van der Waals surface area (Å²) < 4.78 is 11.3. The lowest BCUT2D eigenvalue weighted by atomic mass is 10.1. The van der Waals surface area contributed by atoms with Crippen molar-refractivity contribution in [3.05, 3.63) is 58.7 Å². The molecule has 0 aliphatic carbocycles. The van der Waals surface area contributed by atoms with Crippen molar-refractivity contribution in [3.63, 3.8) is 0 Å². The molecule has 3 N–H and O–H groups in total. The number of nitrogen functional groups attached to an aromatic ring is 1. The van der Waals surface area contributed by atoms with Crippen molar-refractivity contribution in [3.8, 4) is 0 Å². The van der Waals surface area contributed by atoms with Crippen LogP contribution in [0, 0.1) is 0 Å². The third kappa shape index (κ3) is 11.5. The van der Waals surface area contributed by atoms with Gasteiger partial charge in [-0.1, -0.05) is 62.6 Å². The minimum atomic E-state index is -0.476. The fourth-order valence-corrected chi connectivity index (χ4v) is 3.88. The van der Waals surface area contributed by atoms with Crippen LogP contribution in [-0.2, 0) is 14.3 Å². The Morgan fingerprint density at radius 1 is 1.09 bits per heavy atom. The Morgan fingerprint density at radius 3 is 2.56 bits per heavy atom. The van der Waals surface area contributed by atoms with Gasteiger partial charge in [-0.3, -0.25) is 9.78 Å². The normalized spacial score (nSPS) is 18.5. The van der Waals surface area contributed by atoms with Crippen LogP contribution in [-0.4, -0.2) is 28.6 Å². The summed E-state index contributed by atoms with van der Waals surface area (Å²) in [6, 6.07) is 0. The number of aromatic amines is 1. The number of carbonyl (C=O) groups excluding carboxylic acids is 1. The zero-order valence-electron chi connectivity index (χ0n) is 20.5. The van der Waals surface area contributed by atoms with Gasteiger partial charge in [-0.2, -0.15) is 0 Å². The number of unbranched alkanes of at least 4 members (excludes halogenated alkanes) is 5. The molecule has 34 heavy (non-hydrogen) atoms. The van der Waals surface area contributed by atoms with E-state index in [1.54, 1.807) is 0 Å². The molecule has 2 rings (SSSR count). The van der Waals surface area contributed by atoms with Crippen LogP contribution in [0.25, 0.3) is 0 Å². The van der Waals surface area contributed by atoms with Crippen LogP contribution in [0.4, 0.5) is 5.82 Å². The second-order valence-electron chi connectivity index (χ2n) is 8.66. The molecule has 2 atom stereocenters. The monoisotopic (exact) mass is 471 g/mol. The molecule has 1 aliphatic rings. The van der Waals surface area contributed by atoms with E-state index in [-0.39, 0.29) is 30.6 Å². The van der Waals surface area contributed by atoms with E-state index in [4.69, 9.17) is 15.2 Å². The van der Waals surface area contributed by atoms with Gasteiger partial charge in [0.2, 0.25) is 0 Å². The van der Waals surface area contributed by atoms with Gasteiger partial charge in [0.1, 0.15) is 12.4 Å². The number of esters is 1. The highest BCUT2D eigenvalue weighted by molar-refractivity contribution is 5.69. The second kappa shape index (κ2) is 16.9. The average molecular weight is 472 g/mol. The van der Waals surface area contributed by atoms with Gasteiger partial charge in [-0.25, -0.2) is 9.78 Å². The van der Waals surface area contributed by atoms with Crippen LogP contribution < -0.4 is 11.4 Å². The summed E-state index contributed by atoms with van der Waals surface area (Å²) in [5, 5.41) is 0. The number of carbonyl (C=O) groups is 1. The lowest BCUT2D eigenvalue weighted by molar-refractivity contribution is -0.147. The Bertz CT molecular complexity index is 860. The van der Waals surface area contributed by atoms with E-state index in [2.05, 4.69) is 53.3 Å². The average Bonchev–Trinajstić information content (AvgIpc) is 3.29. The first-order valence-electron chi connectivity index (χ1n) is 12.7. The maximum Gasteiger partial charge on any atom is 0.346 e. The van der Waals surface area contributed by atoms with Crippen LogP contribution in [0.15, 0.2) is 47.4 Å². The molecule has 0 unspecified atom stereocenters. The topological polar surface area (TPSA) is 107 Å². The summed E-state index contributed by atoms with van der Waals surface area (Å²) in [6.45, 7) is 2.40. The summed E-state index contributed by atoms with van der Waals surface area (Å²) >= 11 is 0. The summed E-state index contributed by atoms with van der Waals surface area (Å²) in [7, 11) is 0. The molecule has 2 heterocycles. The largest absolute Gasteiger partial charge is 0.463 e. The lowest BCUT2D eigenvalue weighted by Crippen LogP contribution is -2.19. The summed E-state index contributed by atoms with van der Waals surface area (Å²) in [6.07, 6.45) is 26.1. The third-order valence-electron chi connectivity index (χ3n) is 5.79. The number of ether oxygens (including phenoxy) is 2. The van der Waals surface area contributed by atoms with Crippen LogP contribution in [0.1, 0.15) is 95.6 Å². The molecule has 1 aliphatic heterocycles. The van der Waals surface area contributed by atoms with Crippen molar-refractivity contribution in [2.45, 2.75) is 96.2 Å². The van der Waals surface area contributed by atoms with Crippen molar-refractivity contribution in [2.75, 3.05) is 12.3 Å². The van der Waals surface area contributed by atoms with Gasteiger partial charge < -0.3 is 15.2 Å². The van der Waals surface area contributed by atoms with Crippen molar-refractivity contribution in [1.82, 2.24) is 9.97 Å². The van der Waals surface area contributed by atoms with Crippen LogP contribution >= 0.6 is 0 Å². The molecule has 1 saturated heterocycles. The minimum absolute atomic E-state index is 0.151. The minimum Gasteiger partial charge on any atom is -0.463 e. The molecule has 0 saturated carbocycles. The first-order valence-corrected chi connectivity index (χ1v) is 12.7. The summed E-state index contributed by atoms with van der Waals surface area (Å²) in [5.74, 6) is 0.111. The van der Waals surface area contributed by atoms with E-state index >= 15 is 0 Å². The second-order valence-corrected chi connectivity index (χ2v) is 8.66. The number of nitrogens with two attached hydrogens (primary N) is 1. The third-order valence-corrected chi connectivity index (χ3v) is 5.79. The van der Waals surface area contributed by atoms with Crippen LogP contribution in [0.2, 0.25) is 0 Å². The maximum absolute atomic E-state index is 12.0. The molecule has 7 heteroatoms. The Balaban J connectivity index is 1.44. The van der Waals surface area contributed by atoms with Gasteiger partial charge in [0.15, 0.2) is 0 Å². The smallest absolute Gasteiger partial charge is 0.346 e. The Kier molecular flexibility index (Phi) is 13.7. The summed E-state index contributed by atoms with van der Waals surface area (Å²) in [4.78, 5) is 29.4. The lowest BCUT2D eigenvalue weighted by Gasteiger charge is -2.15. The van der Waals surface area contributed by atoms with Crippen LogP contribution in [0.5, 0.6) is 0 Å². The van der Waals surface area contributed by atoms with E-state index in [9.17, 15) is 9.59 Å². The van der Waals surface area contributed by atoms with Crippen molar-refractivity contribution >= 4 is 11.8 Å². The van der Waals surface area contributed by atoms with Gasteiger partial charge in [0, 0.05) is 18.2 Å². The first kappa shape index (κ1) is 27.6. The van der Waals surface area contributed by atoms with Crippen molar-refractivity contribution in [2.24, 2.45) is 0 Å². The number of aromatic nitrogens is 2. The van der Waals surface area contributed by atoms with E-state index < -0.39 is 5.69 Å². The number of H-pyrrole nitrogens is 1. The molecular formula is C27H41N3O4. The Hall–Kier alpha value is -2.67. The highest BCUT2D eigenvalue weighted by Crippen LogP contribution is 2.34. The number of allylic oxidation sites excluding steroid dienone is 6. The van der Waals surface area contributed by atoms with Gasteiger partial charge in [0.25, 0.3) is 0 Å². The molecule has 0 aromatic carbocycles. The predicted molar refractivity (Wildman–Crippen MR) is 136 cm³/mol. The van der Waals surface area contributed by atoms with E-state index in [0.29, 0.717) is 12.0 Å². The number of nitrogens with zero attached hydrogens (tertiary/aromatic N) is 1. The number of anilines is 1. The Labute approximate surface area is 203 Å². The van der Waals surface area contributed by atoms with Crippen LogP contribution in [0.3, 0.4) is 0 Å². The van der Waals surface area contributed by atoms with Gasteiger partial charge in [-0.15, -0.1) is 0 Å². The fraction of sp³-hybridized carbons (Fsp3) is 0.593. The molecule has 1 aromatic rings. The molecular weight excluding hydrogens is 430 g/mol. The fourth-order valence-electron chi connectivity index (χ4n) is 3.88. The quantitative estimate of drug-likeness (QED) is 0.182. The van der Waals surface area contributed by atoms with E-state index in [1.165, 1.54) is 19.0 Å². The zero-order valence-corrected chi connectivity index (χ0v) is 20.5. The molecule has 7 nitrogen and oxygen atoms in total. The van der Waals surface area contributed by atoms with Crippen molar-refractivity contribution in [1.29, 1.82) is 0 Å². The molecule has 0 spiro atoms. The standard InChI is InChI=1S/C27H41N3O4/c1-2-3-4-5-6-7-8-9-10-11-12-13-14-15-16-17-25(31)33-21-22-18-19-24(34-22)23-20-29-27(32)30-26(23)28/h3-4,6-7,9-10,20,22,24H,2,5,8,11-19,21H2,1H3,(H3,28,29,30,32)/b4-3-,7-6-,10-9-/t22-,24-/m0/s1. The van der Waals surface area contributed by atoms with Gasteiger partial charge in [0.05, 0.1) is 12.2 Å². The van der Waals surface area contributed by atoms with E-state index in [1.807, 2.05) is 0 Å². The molecule has 0 amide bonds. The Morgan fingerprint density at radius 2 is 1.79 bits per heavy atom. The first-order chi connectivity index (χ1) is 16.6. The number of hydrogen-bond acceptors (Lipinski definition) is 6. The highest BCUT2D eigenvalue weighted by Gasteiger charge is 2.29. The SMILES string of the molecule is CC/C=C\C/C=C\C/C=C\CCCCCCCC(=O)OC[C@@H]1CC[C@@H](c2cnc(=O)[nH]c2N)O1. The van der Waals surface area contributed by atoms with Crippen molar-refractivity contribution < 1.29 is 14.3 Å². The van der Waals surface area contributed by atoms with Gasteiger partial charge >= 0.3 is 11.7 Å². The number of hydrogen-bond donors (Lipinski definition) is 2. The molecule has 188 valence electrons. The number of nitrogens with one attached hydrogen (secondary N) is 1. The van der Waals surface area contributed by atoms with E-state index in [0.717, 1.165) is 57.8 Å². The highest BCUT2D eigenvalue weighted by atomic mass is 16.6. The van der Waals surface area contributed by atoms with Gasteiger partial charge in [-0.05, 0) is 51.4 Å². The molecule has 1 aromatic heterocycles. The molecule has 0 radical (unpaired) electrons. The zero-order chi connectivity index (χ0) is 24.4. The molecule has 0 bridgehead atoms. The number of rotatable bonds is 16. The summed E-state index contributed by atoms with van der Waals surface area (Å²) in [5.41, 5.74) is 6.05. The predicted octanol–water partition coefficient (Wildman–Crippen LogP) is 5.70. The maximum atomic E-state index is 12.0. The molecule has 1 fully saturated rings.